The van der Waals surface area contributed by atoms with Gasteiger partial charge in [-0.05, 0) is 47.9 Å². The Morgan fingerprint density at radius 2 is 1.64 bits per heavy atom. The number of piperazine rings is 2. The lowest BCUT2D eigenvalue weighted by Gasteiger charge is -2.42. The highest BCUT2D eigenvalue weighted by Gasteiger charge is 2.37. The second-order valence-corrected chi connectivity index (χ2v) is 14.0. The third kappa shape index (κ3) is 8.21. The lowest BCUT2D eigenvalue weighted by molar-refractivity contribution is -0.138. The summed E-state index contributed by atoms with van der Waals surface area (Å²) in [5, 5.41) is 0.706. The molecule has 10 nitrogen and oxygen atoms in total. The summed E-state index contributed by atoms with van der Waals surface area (Å²) in [7, 11) is -3.51. The van der Waals surface area contributed by atoms with Crippen LogP contribution in [0.1, 0.15) is 19.8 Å². The van der Waals surface area contributed by atoms with Crippen LogP contribution in [0.3, 0.4) is 0 Å². The topological polar surface area (TPSA) is 93.7 Å². The number of rotatable bonds is 9. The zero-order valence-electron chi connectivity index (χ0n) is 22.2. The molecule has 0 aliphatic carbocycles. The summed E-state index contributed by atoms with van der Waals surface area (Å²) in [6.45, 7) is 7.72. The molecule has 0 aromatic heterocycles. The van der Waals surface area contributed by atoms with Crippen molar-refractivity contribution in [2.45, 2.75) is 25.8 Å². The molecule has 14 heteroatoms. The van der Waals surface area contributed by atoms with Crippen molar-refractivity contribution in [3.63, 3.8) is 0 Å². The molecule has 1 aromatic rings. The monoisotopic (exact) mass is 667 g/mol. The quantitative estimate of drug-likeness (QED) is 0.373. The first kappa shape index (κ1) is 30.8. The van der Waals surface area contributed by atoms with E-state index in [1.54, 1.807) is 33.2 Å². The van der Waals surface area contributed by atoms with Crippen molar-refractivity contribution in [2.24, 2.45) is 0 Å². The van der Waals surface area contributed by atoms with E-state index < -0.39 is 10.0 Å². The van der Waals surface area contributed by atoms with Crippen LogP contribution in [0.4, 0.5) is 0 Å². The van der Waals surface area contributed by atoms with Crippen molar-refractivity contribution in [3.05, 3.63) is 26.7 Å². The Morgan fingerprint density at radius 1 is 0.974 bits per heavy atom. The van der Waals surface area contributed by atoms with Gasteiger partial charge in [-0.25, -0.2) is 8.42 Å². The SMILES string of the molecule is CC(=O)N1CCN(CCS(=O)(=O)N2CCN(C(=O)COc3cc(Cl)c(Cl)cc3Br)[C@@H](CN3CCCC3)C2)CC1. The van der Waals surface area contributed by atoms with E-state index >= 15 is 0 Å². The Bertz CT molecular complexity index is 1150. The van der Waals surface area contributed by atoms with Gasteiger partial charge in [0.25, 0.3) is 5.91 Å². The van der Waals surface area contributed by atoms with E-state index in [2.05, 4.69) is 25.7 Å². The van der Waals surface area contributed by atoms with Gasteiger partial charge >= 0.3 is 0 Å². The predicted molar refractivity (Wildman–Crippen MR) is 155 cm³/mol. The van der Waals surface area contributed by atoms with Crippen LogP contribution in [0.15, 0.2) is 16.6 Å². The van der Waals surface area contributed by atoms with Crippen LogP contribution >= 0.6 is 39.1 Å². The van der Waals surface area contributed by atoms with E-state index in [1.807, 2.05) is 0 Å². The molecule has 218 valence electrons. The standard InChI is InChI=1S/C25H36BrCl2N5O5S/c1-19(34)31-8-6-29(7-9-31)12-13-39(36,37)32-10-11-33(20(17-32)16-30-4-2-3-5-30)25(35)18-38-24-15-23(28)22(27)14-21(24)26/h14-15,20H,2-13,16-18H2,1H3/t20-/m0/s1. The number of ether oxygens (including phenoxy) is 1. The highest BCUT2D eigenvalue weighted by molar-refractivity contribution is 9.10. The number of sulfonamides is 1. The van der Waals surface area contributed by atoms with Crippen LogP contribution in [0.5, 0.6) is 5.75 Å². The van der Waals surface area contributed by atoms with E-state index in [9.17, 15) is 18.0 Å². The minimum absolute atomic E-state index is 0.0198. The van der Waals surface area contributed by atoms with Crippen LogP contribution in [0.2, 0.25) is 10.0 Å². The minimum Gasteiger partial charge on any atom is -0.483 e. The molecule has 0 unspecified atom stereocenters. The van der Waals surface area contributed by atoms with E-state index in [0.29, 0.717) is 66.1 Å². The second-order valence-electron chi connectivity index (χ2n) is 10.3. The lowest BCUT2D eigenvalue weighted by atomic mass is 10.1. The maximum Gasteiger partial charge on any atom is 0.260 e. The zero-order valence-corrected chi connectivity index (χ0v) is 26.1. The predicted octanol–water partition coefficient (Wildman–Crippen LogP) is 2.24. The maximum absolute atomic E-state index is 13.3. The number of nitrogens with zero attached hydrogens (tertiary/aromatic N) is 5. The molecule has 3 fully saturated rings. The maximum atomic E-state index is 13.3. The van der Waals surface area contributed by atoms with Gasteiger partial charge in [0, 0.05) is 71.9 Å². The first-order valence-corrected chi connectivity index (χ1v) is 16.4. The third-order valence-corrected chi connectivity index (χ3v) is 10.8. The molecule has 4 rings (SSSR count). The van der Waals surface area contributed by atoms with Crippen molar-refractivity contribution in [3.8, 4) is 5.75 Å². The Labute approximate surface area is 249 Å². The van der Waals surface area contributed by atoms with E-state index in [0.717, 1.165) is 25.9 Å². The first-order valence-electron chi connectivity index (χ1n) is 13.3. The number of benzene rings is 1. The molecule has 3 heterocycles. The molecular weight excluding hydrogens is 633 g/mol. The molecule has 0 bridgehead atoms. The van der Waals surface area contributed by atoms with Gasteiger partial charge in [0.2, 0.25) is 15.9 Å². The summed E-state index contributed by atoms with van der Waals surface area (Å²) in [5.74, 6) is 0.289. The fraction of sp³-hybridized carbons (Fsp3) is 0.680. The van der Waals surface area contributed by atoms with Gasteiger partial charge < -0.3 is 19.4 Å². The highest BCUT2D eigenvalue weighted by atomic mass is 79.9. The molecule has 0 saturated carbocycles. The molecule has 3 aliphatic rings. The number of halogens is 3. The average molecular weight is 669 g/mol. The fourth-order valence-corrected chi connectivity index (χ4v) is 7.74. The first-order chi connectivity index (χ1) is 18.5. The Balaban J connectivity index is 1.36. The van der Waals surface area contributed by atoms with Crippen LogP contribution in [-0.2, 0) is 19.6 Å². The van der Waals surface area contributed by atoms with Gasteiger partial charge in [-0.15, -0.1) is 0 Å². The van der Waals surface area contributed by atoms with Crippen LogP contribution in [0.25, 0.3) is 0 Å². The summed E-state index contributed by atoms with van der Waals surface area (Å²) >= 11 is 15.5. The van der Waals surface area contributed by atoms with Crippen molar-refractivity contribution in [1.29, 1.82) is 0 Å². The summed E-state index contributed by atoms with van der Waals surface area (Å²) in [6.07, 6.45) is 2.21. The fourth-order valence-electron chi connectivity index (χ4n) is 5.32. The van der Waals surface area contributed by atoms with Crippen molar-refractivity contribution in [1.82, 2.24) is 23.9 Å². The Kier molecular flexibility index (Phi) is 10.8. The number of likely N-dealkylation sites (tertiary alicyclic amines) is 1. The largest absolute Gasteiger partial charge is 0.483 e. The number of hydrogen-bond donors (Lipinski definition) is 0. The molecule has 2 amide bonds. The summed E-state index contributed by atoms with van der Waals surface area (Å²) in [5.41, 5.74) is 0. The van der Waals surface area contributed by atoms with E-state index in [4.69, 9.17) is 27.9 Å². The molecule has 0 N–H and O–H groups in total. The van der Waals surface area contributed by atoms with Crippen LogP contribution in [0, 0.1) is 0 Å². The molecule has 3 aliphatic heterocycles. The minimum atomic E-state index is -3.51. The van der Waals surface area contributed by atoms with E-state index in [-0.39, 0.29) is 43.3 Å². The van der Waals surface area contributed by atoms with Crippen molar-refractivity contribution < 1.29 is 22.7 Å². The van der Waals surface area contributed by atoms with Gasteiger partial charge in [-0.3, -0.25) is 14.5 Å². The van der Waals surface area contributed by atoms with Gasteiger partial charge in [-0.2, -0.15) is 4.31 Å². The molecule has 1 aromatic carbocycles. The van der Waals surface area contributed by atoms with Gasteiger partial charge in [0.05, 0.1) is 26.3 Å². The molecule has 39 heavy (non-hydrogen) atoms. The van der Waals surface area contributed by atoms with Crippen molar-refractivity contribution >= 4 is 61.0 Å². The molecule has 0 spiro atoms. The summed E-state index contributed by atoms with van der Waals surface area (Å²) < 4.78 is 34.6. The number of amides is 2. The summed E-state index contributed by atoms with van der Waals surface area (Å²) in [4.78, 5) is 32.8. The normalized spacial score (nSPS) is 21.9. The molecule has 1 atom stereocenters. The van der Waals surface area contributed by atoms with E-state index in [1.165, 1.54) is 0 Å². The van der Waals surface area contributed by atoms with Gasteiger partial charge in [0.1, 0.15) is 5.75 Å². The number of hydrogen-bond acceptors (Lipinski definition) is 7. The van der Waals surface area contributed by atoms with Crippen molar-refractivity contribution in [2.75, 3.05) is 84.4 Å². The van der Waals surface area contributed by atoms with Gasteiger partial charge in [-0.1, -0.05) is 23.2 Å². The molecule has 0 radical (unpaired) electrons. The second kappa shape index (κ2) is 13.7. The summed E-state index contributed by atoms with van der Waals surface area (Å²) in [6, 6.07) is 2.92. The Morgan fingerprint density at radius 3 is 2.31 bits per heavy atom. The van der Waals surface area contributed by atoms with Crippen LogP contribution in [-0.4, -0.2) is 135 Å². The smallest absolute Gasteiger partial charge is 0.260 e. The van der Waals surface area contributed by atoms with Gasteiger partial charge in [0.15, 0.2) is 6.61 Å². The third-order valence-electron chi connectivity index (χ3n) is 7.64. The number of carbonyl (C=O) groups excluding carboxylic acids is 2. The highest BCUT2D eigenvalue weighted by Crippen LogP contribution is 2.34. The number of carbonyl (C=O) groups is 2. The zero-order chi connectivity index (χ0) is 28.2. The lowest BCUT2D eigenvalue weighted by Crippen LogP contribution is -2.60. The molecule has 3 saturated heterocycles. The average Bonchev–Trinajstić information content (AvgIpc) is 3.42. The molecular formula is C25H36BrCl2N5O5S. The Hall–Kier alpha value is -1.15. The van der Waals surface area contributed by atoms with Crippen LogP contribution < -0.4 is 4.74 Å².